The summed E-state index contributed by atoms with van der Waals surface area (Å²) in [6.45, 7) is 40.5. The molecule has 5 aromatic rings. The normalized spacial score (nSPS) is 29.3. The van der Waals surface area contributed by atoms with Crippen molar-refractivity contribution in [2.24, 2.45) is 39.9 Å². The van der Waals surface area contributed by atoms with E-state index in [9.17, 15) is 33.6 Å². The van der Waals surface area contributed by atoms with Crippen LogP contribution >= 0.6 is 0 Å². The van der Waals surface area contributed by atoms with Crippen LogP contribution in [0.3, 0.4) is 0 Å². The molecular weight excluding hydrogens is 1200 g/mol. The number of fused-ring (bicyclic) bond motifs is 5. The Morgan fingerprint density at radius 1 is 0.537 bits per heavy atom. The van der Waals surface area contributed by atoms with Crippen LogP contribution in [0.25, 0.3) is 14.5 Å². The van der Waals surface area contributed by atoms with E-state index in [0.717, 1.165) is 72.9 Å². The largest absolute Gasteiger partial charge is 1.00 e. The van der Waals surface area contributed by atoms with Gasteiger partial charge in [-0.2, -0.15) is 7.11 Å². The molecule has 0 spiro atoms. The van der Waals surface area contributed by atoms with Gasteiger partial charge in [-0.05, 0) is 78.0 Å². The molecule has 1 N–H and O–H groups in total. The third-order valence-corrected chi connectivity index (χ3v) is 22.3. The van der Waals surface area contributed by atoms with E-state index in [4.69, 9.17) is 32.3 Å². The molecule has 8 aliphatic rings. The zero-order valence-corrected chi connectivity index (χ0v) is 58.5. The monoisotopic (exact) mass is 1300 g/mol. The Bertz CT molecular complexity index is 3930. The van der Waals surface area contributed by atoms with Crippen LogP contribution < -0.4 is 40.0 Å². The van der Waals surface area contributed by atoms with E-state index in [2.05, 4.69) is 51.0 Å². The molecule has 5 fully saturated rings. The number of carbonyl (C=O) groups is 7. The number of piperidine rings is 4. The second kappa shape index (κ2) is 28.3. The van der Waals surface area contributed by atoms with Crippen LogP contribution in [0.2, 0.25) is 0 Å². The van der Waals surface area contributed by atoms with Crippen molar-refractivity contribution >= 4 is 41.0 Å². The Labute approximate surface area is 586 Å². The summed E-state index contributed by atoms with van der Waals surface area (Å²) in [4.78, 5) is 106. The maximum absolute atomic E-state index is 13.4. The van der Waals surface area contributed by atoms with Gasteiger partial charge in [0.05, 0.1) is 41.0 Å². The first-order valence-corrected chi connectivity index (χ1v) is 32.0. The van der Waals surface area contributed by atoms with E-state index in [0.29, 0.717) is 32.5 Å². The number of hydrogen-bond donors (Lipinski definition) is 1. The van der Waals surface area contributed by atoms with Crippen LogP contribution in [0.4, 0.5) is 0 Å². The number of ketones is 3. The van der Waals surface area contributed by atoms with Gasteiger partial charge in [0.15, 0.2) is 11.6 Å². The second-order valence-electron chi connectivity index (χ2n) is 28.3. The Kier molecular flexibility index (Phi) is 21.7. The van der Waals surface area contributed by atoms with Crippen LogP contribution in [0.5, 0.6) is 0 Å². The first-order valence-electron chi connectivity index (χ1n) is 33.0. The van der Waals surface area contributed by atoms with Gasteiger partial charge in [0.1, 0.15) is 5.76 Å². The molecule has 4 saturated heterocycles. The smallest absolute Gasteiger partial charge is 0.857 e. The molecule has 0 radical (unpaired) electrons. The Morgan fingerprint density at radius 2 is 0.926 bits per heavy atom. The summed E-state index contributed by atoms with van der Waals surface area (Å²) in [7, 11) is 6.27. The molecule has 17 nitrogen and oxygen atoms in total. The summed E-state index contributed by atoms with van der Waals surface area (Å²) >= 11 is 0. The predicted molar refractivity (Wildman–Crippen MR) is 360 cm³/mol. The van der Waals surface area contributed by atoms with E-state index < -0.39 is 43.9 Å². The van der Waals surface area contributed by atoms with Crippen molar-refractivity contribution < 1.29 is 75.7 Å². The number of carbonyl (C=O) groups excluding carboxylic acids is 7. The maximum Gasteiger partial charge on any atom is 1.00 e. The number of likely N-dealkylation sites (N-methyl/N-ethyl adjacent to an activating group) is 3. The average molecular weight is 1300 g/mol. The fourth-order valence-corrected chi connectivity index (χ4v) is 17.6. The minimum absolute atomic E-state index is 0. The van der Waals surface area contributed by atoms with Crippen molar-refractivity contribution in [1.29, 1.82) is 0 Å². The maximum atomic E-state index is 13.4. The minimum Gasteiger partial charge on any atom is -0.857 e. The van der Waals surface area contributed by atoms with E-state index in [1.54, 1.807) is 35.2 Å². The van der Waals surface area contributed by atoms with E-state index in [1.165, 1.54) is 0 Å². The molecule has 1 aromatic heterocycles. The third-order valence-electron chi connectivity index (χ3n) is 22.3. The van der Waals surface area contributed by atoms with Crippen molar-refractivity contribution in [3.05, 3.63) is 219 Å². The molecule has 4 amide bonds. The Morgan fingerprint density at radius 3 is 1.39 bits per heavy atom. The Balaban J connectivity index is 0.000000199. The van der Waals surface area contributed by atoms with Gasteiger partial charge in [-0.3, -0.25) is 24.0 Å². The van der Waals surface area contributed by atoms with Gasteiger partial charge in [-0.1, -0.05) is 201 Å². The van der Waals surface area contributed by atoms with Gasteiger partial charge in [0.25, 0.3) is 6.04 Å². The molecule has 18 heteroatoms. The summed E-state index contributed by atoms with van der Waals surface area (Å²) in [6, 6.07) is 38.3. The van der Waals surface area contributed by atoms with Crippen LogP contribution in [-0.4, -0.2) is 121 Å². The first kappa shape index (κ1) is 72.7. The number of hydrogen-bond acceptors (Lipinski definition) is 10. The van der Waals surface area contributed by atoms with Crippen molar-refractivity contribution in [1.82, 2.24) is 25.2 Å². The number of likely N-dealkylation sites (tertiary alicyclic amines) is 3. The summed E-state index contributed by atoms with van der Waals surface area (Å²) < 4.78 is 15.6. The standard InChI is InChI=1S/2C19H22N2O2.C19H20N2O2.C18H18N2O2.CH3O.CH4.Na.H2/c1-18(2)15-9-10-21(3)17(22)19(15,14-7-5-4-6-8-14)11-13-12-20-23-16(13)18;2*1-18(2)15-10-11-21(4)17(23)19(15,12-14(20-3)16(18)22)13-8-6-5-7-9-13;1-17(2)14-9-10-20-16(22)18(14,11-13(19-3)15(17)21)12-7-5-4-6-8-12;1-2;;;/h4-8,12,15H,9-11H2,1-3H3;5-9,14-15H,10-12H2,1-2,4H3;5-9,12,15H,10-11H2,1-2,4H3;4-8,11,14H,9-10H2,1-2H3,(H,20,22);1H3;1H4;;1H/q;;;;-1;;+1;/t15-,19+;14?,15-,19+;15-,19+;14-,18+;;;;/m0010..../s1/i;;;;;;;1+1D. The van der Waals surface area contributed by atoms with Gasteiger partial charge in [-0.25, -0.2) is 16.3 Å². The molecule has 4 aromatic carbocycles. The molecule has 5 heterocycles. The van der Waals surface area contributed by atoms with Crippen molar-refractivity contribution in [3.63, 3.8) is 0 Å². The summed E-state index contributed by atoms with van der Waals surface area (Å²) in [5.74, 6) is 0.622. The van der Waals surface area contributed by atoms with Crippen LogP contribution in [0, 0.1) is 59.6 Å². The van der Waals surface area contributed by atoms with Crippen LogP contribution in [-0.2, 0) is 67.1 Å². The van der Waals surface area contributed by atoms with E-state index in [-0.39, 0.29) is 118 Å². The van der Waals surface area contributed by atoms with E-state index in [1.807, 2.05) is 170 Å². The quantitative estimate of drug-likeness (QED) is 0.137. The minimum atomic E-state index is -0.934. The molecule has 494 valence electrons. The molecule has 95 heavy (non-hydrogen) atoms. The van der Waals surface area contributed by atoms with Gasteiger partial charge in [-0.15, -0.1) is 0 Å². The fourth-order valence-electron chi connectivity index (χ4n) is 17.6. The predicted octanol–water partition coefficient (Wildman–Crippen LogP) is 7.76. The number of allylic oxidation sites excluding steroid dienone is 2. The molecular formula is C77H91N8NaO9. The first-order chi connectivity index (χ1) is 45.1. The number of aromatic nitrogens is 1. The molecule has 9 atom stereocenters. The number of nitrogens with one attached hydrogen (secondary N) is 1. The summed E-state index contributed by atoms with van der Waals surface area (Å²) in [5, 5.41) is 15.2. The van der Waals surface area contributed by atoms with Crippen molar-refractivity contribution in [2.45, 2.75) is 134 Å². The number of Topliss-reactive ketones (excluding diaryl/α,β-unsaturated/α-hetero) is 3. The van der Waals surface area contributed by atoms with Crippen molar-refractivity contribution in [3.8, 4) is 0 Å². The summed E-state index contributed by atoms with van der Waals surface area (Å²) in [5.41, 5.74) is -0.501. The average Bonchev–Trinajstić information content (AvgIpc) is 1.41. The van der Waals surface area contributed by atoms with Gasteiger partial charge in [0, 0.05) is 83.9 Å². The zero-order chi connectivity index (χ0) is 69.9. The topological polar surface area (TPSA) is 203 Å². The molecule has 0 bridgehead atoms. The fraction of sp³-hybridized carbons (Fsp3) is 0.468. The summed E-state index contributed by atoms with van der Waals surface area (Å²) in [6.07, 6.45) is 9.24. The zero-order valence-electron chi connectivity index (χ0n) is 58.5. The SMILES string of the molecule is C.CN1CC[C@H]2C(C)(C)c3oncc3C[C@]2(c2ccccc2)C1=O.C[O-].[2H][2H].[C-]#[N+]C1=C[C@@]2(c3ccccc3)C(=O)N(C)CC[C@@H]2C(C)(C)C1=O.[C-]#[N+]C1=C[C@]2(c3ccccc3)C(=O)NCC[C@H]2C(C)(C)C1=O.[C-]#[N+]C1C[C@]2(c3ccccc3)C(=O)N(C)CC[C@H]2C(C)(C)C1=O.[Na+]. The molecule has 4 aliphatic heterocycles. The van der Waals surface area contributed by atoms with Gasteiger partial charge in [0.2, 0.25) is 40.8 Å². The number of benzene rings is 4. The molecule has 13 rings (SSSR count). The molecule has 1 saturated carbocycles. The number of rotatable bonds is 4. The third kappa shape index (κ3) is 12.0. The van der Waals surface area contributed by atoms with E-state index >= 15 is 0 Å². The number of amides is 4. The second-order valence-corrected chi connectivity index (χ2v) is 28.3. The number of nitrogens with zero attached hydrogens (tertiary/aromatic N) is 7. The van der Waals surface area contributed by atoms with Crippen molar-refractivity contribution in [2.75, 3.05) is 54.4 Å². The van der Waals surface area contributed by atoms with Gasteiger partial charge < -0.3 is 44.1 Å². The Hall–Kier alpha value is -8.11. The van der Waals surface area contributed by atoms with Crippen LogP contribution in [0.15, 0.2) is 156 Å². The van der Waals surface area contributed by atoms with Crippen LogP contribution in [0.1, 0.15) is 131 Å². The molecule has 4 aliphatic carbocycles. The molecule has 1 unspecified atom stereocenters. The van der Waals surface area contributed by atoms with Gasteiger partial charge >= 0.3 is 29.6 Å².